The molecule has 0 heterocycles. The molecule has 0 atom stereocenters. The molecule has 0 saturated heterocycles. The van der Waals surface area contributed by atoms with Crippen LogP contribution in [0, 0.1) is 17.8 Å². The van der Waals surface area contributed by atoms with E-state index in [0.717, 1.165) is 0 Å². The third kappa shape index (κ3) is 6.84. The Morgan fingerprint density at radius 1 is 1.26 bits per heavy atom. The summed E-state index contributed by atoms with van der Waals surface area (Å²) in [4.78, 5) is 23.8. The van der Waals surface area contributed by atoms with Crippen LogP contribution in [0.3, 0.4) is 0 Å². The van der Waals surface area contributed by atoms with Crippen molar-refractivity contribution >= 4 is 12.0 Å². The molecule has 0 radical (unpaired) electrons. The molecule has 0 aromatic rings. The average Bonchev–Trinajstić information content (AvgIpc) is 2.26. The molecule has 5 heteroatoms. The van der Waals surface area contributed by atoms with Crippen LogP contribution in [0.25, 0.3) is 0 Å². The summed E-state index contributed by atoms with van der Waals surface area (Å²) in [6.45, 7) is 12.5. The summed E-state index contributed by atoms with van der Waals surface area (Å²) in [7, 11) is 0. The van der Waals surface area contributed by atoms with Gasteiger partial charge in [0.05, 0.1) is 0 Å². The third-order valence-electron chi connectivity index (χ3n) is 3.16. The molecule has 0 rings (SSSR count). The predicted octanol–water partition coefficient (Wildman–Crippen LogP) is 2.20. The molecule has 0 unspecified atom stereocenters. The van der Waals surface area contributed by atoms with Gasteiger partial charge >= 0.3 is 12.0 Å². The van der Waals surface area contributed by atoms with Gasteiger partial charge in [0.2, 0.25) is 0 Å². The van der Waals surface area contributed by atoms with E-state index in [4.69, 9.17) is 5.11 Å². The summed E-state index contributed by atoms with van der Waals surface area (Å²) < 4.78 is 0. The first-order valence-corrected chi connectivity index (χ1v) is 6.65. The minimum absolute atomic E-state index is 0.228. The van der Waals surface area contributed by atoms with Gasteiger partial charge in [0.15, 0.2) is 0 Å². The number of hydrogen-bond donors (Lipinski definition) is 2. The minimum atomic E-state index is -1.03. The zero-order valence-corrected chi connectivity index (χ0v) is 12.3. The van der Waals surface area contributed by atoms with Gasteiger partial charge in [0.1, 0.15) is 6.54 Å². The topological polar surface area (TPSA) is 69.6 Å². The Morgan fingerprint density at radius 2 is 1.79 bits per heavy atom. The fraction of sp³-hybridized carbons (Fsp3) is 0.714. The van der Waals surface area contributed by atoms with Gasteiger partial charge in [-0.05, 0) is 17.8 Å². The molecule has 5 nitrogen and oxygen atoms in total. The Bertz CT molecular complexity index is 306. The van der Waals surface area contributed by atoms with Crippen LogP contribution in [-0.4, -0.2) is 41.6 Å². The molecule has 2 N–H and O–H groups in total. The van der Waals surface area contributed by atoms with Crippen LogP contribution >= 0.6 is 0 Å². The second-order valence-corrected chi connectivity index (χ2v) is 5.40. The number of hydrogen-bond acceptors (Lipinski definition) is 2. The van der Waals surface area contributed by atoms with E-state index in [1.54, 1.807) is 0 Å². The lowest BCUT2D eigenvalue weighted by Crippen LogP contribution is -2.45. The molecule has 0 aromatic heterocycles. The van der Waals surface area contributed by atoms with Gasteiger partial charge in [-0.2, -0.15) is 0 Å². The Kier molecular flexibility index (Phi) is 7.87. The van der Waals surface area contributed by atoms with Crippen LogP contribution in [0.15, 0.2) is 12.7 Å². The van der Waals surface area contributed by atoms with Crippen LogP contribution in [0.5, 0.6) is 0 Å². The van der Waals surface area contributed by atoms with Crippen molar-refractivity contribution in [2.24, 2.45) is 17.8 Å². The van der Waals surface area contributed by atoms with Crippen molar-refractivity contribution in [3.63, 3.8) is 0 Å². The highest BCUT2D eigenvalue weighted by Gasteiger charge is 2.20. The zero-order valence-electron chi connectivity index (χ0n) is 12.3. The maximum absolute atomic E-state index is 11.9. The van der Waals surface area contributed by atoms with E-state index in [1.807, 2.05) is 0 Å². The van der Waals surface area contributed by atoms with Crippen LogP contribution < -0.4 is 5.32 Å². The summed E-state index contributed by atoms with van der Waals surface area (Å²) in [5.74, 6) is 0.279. The lowest BCUT2D eigenvalue weighted by Gasteiger charge is -2.27. The lowest BCUT2D eigenvalue weighted by atomic mass is 9.85. The monoisotopic (exact) mass is 270 g/mol. The molecule has 0 aromatic carbocycles. The number of urea groups is 1. The molecule has 0 saturated carbocycles. The summed E-state index contributed by atoms with van der Waals surface area (Å²) in [5.41, 5.74) is 0. The molecule has 19 heavy (non-hydrogen) atoms. The van der Waals surface area contributed by atoms with Crippen molar-refractivity contribution in [2.45, 2.75) is 27.7 Å². The summed E-state index contributed by atoms with van der Waals surface area (Å²) in [6, 6.07) is -0.353. The normalized spacial score (nSPS) is 10.9. The first-order chi connectivity index (χ1) is 8.79. The fourth-order valence-electron chi connectivity index (χ4n) is 2.10. The minimum Gasteiger partial charge on any atom is -0.480 e. The van der Waals surface area contributed by atoms with Crippen LogP contribution in [-0.2, 0) is 4.79 Å². The molecule has 0 fully saturated rings. The quantitative estimate of drug-likeness (QED) is 0.664. The van der Waals surface area contributed by atoms with Crippen molar-refractivity contribution in [3.05, 3.63) is 12.7 Å². The van der Waals surface area contributed by atoms with Crippen molar-refractivity contribution in [1.29, 1.82) is 0 Å². The number of carbonyl (C=O) groups is 2. The number of rotatable bonds is 8. The van der Waals surface area contributed by atoms with Gasteiger partial charge in [0, 0.05) is 13.1 Å². The van der Waals surface area contributed by atoms with Gasteiger partial charge in [-0.15, -0.1) is 6.58 Å². The molecule has 0 spiro atoms. The highest BCUT2D eigenvalue weighted by atomic mass is 16.4. The molecule has 110 valence electrons. The van der Waals surface area contributed by atoms with Crippen molar-refractivity contribution in [1.82, 2.24) is 10.2 Å². The number of aliphatic carboxylic acids is 1. The van der Waals surface area contributed by atoms with Gasteiger partial charge in [-0.1, -0.05) is 33.8 Å². The summed E-state index contributed by atoms with van der Waals surface area (Å²) in [6.07, 6.45) is 1.52. The van der Waals surface area contributed by atoms with Gasteiger partial charge in [-0.3, -0.25) is 4.79 Å². The van der Waals surface area contributed by atoms with Crippen molar-refractivity contribution in [2.75, 3.05) is 19.6 Å². The number of amides is 2. The maximum Gasteiger partial charge on any atom is 0.323 e. The molecule has 0 bridgehead atoms. The van der Waals surface area contributed by atoms with E-state index in [9.17, 15) is 9.59 Å². The largest absolute Gasteiger partial charge is 0.480 e. The Balaban J connectivity index is 4.46. The number of nitrogens with one attached hydrogen (secondary N) is 1. The molecule has 0 aliphatic carbocycles. The Morgan fingerprint density at radius 3 is 2.16 bits per heavy atom. The van der Waals surface area contributed by atoms with Gasteiger partial charge in [-0.25, -0.2) is 4.79 Å². The van der Waals surface area contributed by atoms with Crippen LogP contribution in [0.2, 0.25) is 0 Å². The average molecular weight is 270 g/mol. The van der Waals surface area contributed by atoms with E-state index in [1.165, 1.54) is 11.0 Å². The van der Waals surface area contributed by atoms with Gasteiger partial charge < -0.3 is 15.3 Å². The summed E-state index contributed by atoms with van der Waals surface area (Å²) in [5, 5.41) is 11.6. The van der Waals surface area contributed by atoms with Crippen LogP contribution in [0.4, 0.5) is 4.79 Å². The van der Waals surface area contributed by atoms with Crippen LogP contribution in [0.1, 0.15) is 27.7 Å². The molecule has 0 aliphatic heterocycles. The zero-order chi connectivity index (χ0) is 15.0. The Hall–Kier alpha value is -1.52. The highest BCUT2D eigenvalue weighted by Crippen LogP contribution is 2.19. The molecule has 2 amide bonds. The predicted molar refractivity (Wildman–Crippen MR) is 76.0 cm³/mol. The highest BCUT2D eigenvalue weighted by molar-refractivity contribution is 5.80. The first-order valence-electron chi connectivity index (χ1n) is 6.65. The van der Waals surface area contributed by atoms with E-state index in [2.05, 4.69) is 39.6 Å². The van der Waals surface area contributed by atoms with E-state index < -0.39 is 5.97 Å². The molecule has 0 aliphatic rings. The summed E-state index contributed by atoms with van der Waals surface area (Å²) >= 11 is 0. The van der Waals surface area contributed by atoms with Gasteiger partial charge in [0.25, 0.3) is 0 Å². The molecular weight excluding hydrogens is 244 g/mol. The SMILES string of the molecule is C=CCN(CC(=O)O)C(=O)NCC(C(C)C)C(C)C. The third-order valence-corrected chi connectivity index (χ3v) is 3.16. The van der Waals surface area contributed by atoms with Crippen molar-refractivity contribution < 1.29 is 14.7 Å². The lowest BCUT2D eigenvalue weighted by molar-refractivity contribution is -0.137. The van der Waals surface area contributed by atoms with E-state index >= 15 is 0 Å². The Labute approximate surface area is 115 Å². The second kappa shape index (κ2) is 8.56. The maximum atomic E-state index is 11.9. The standard InChI is InChI=1S/C14H26N2O3/c1-6-7-16(9-13(17)18)14(19)15-8-12(10(2)3)11(4)5/h6,10-12H,1,7-9H2,2-5H3,(H,15,19)(H,17,18). The first kappa shape index (κ1) is 17.5. The number of carboxylic acids is 1. The number of nitrogens with zero attached hydrogens (tertiary/aromatic N) is 1. The van der Waals surface area contributed by atoms with Crippen molar-refractivity contribution in [3.8, 4) is 0 Å². The number of carboxylic acid groups (broad SMARTS) is 1. The van der Waals surface area contributed by atoms with E-state index in [0.29, 0.717) is 24.3 Å². The van der Waals surface area contributed by atoms with E-state index in [-0.39, 0.29) is 19.1 Å². The smallest absolute Gasteiger partial charge is 0.323 e. The second-order valence-electron chi connectivity index (χ2n) is 5.40. The number of carbonyl (C=O) groups excluding carboxylic acids is 1. The molecular formula is C14H26N2O3. The fourth-order valence-corrected chi connectivity index (χ4v) is 2.10.